The molecule has 6 heteroatoms. The second-order valence-corrected chi connectivity index (χ2v) is 9.88. The molecule has 0 radical (unpaired) electrons. The van der Waals surface area contributed by atoms with Gasteiger partial charge in [-0.15, -0.1) is 0 Å². The molecule has 0 bridgehead atoms. The van der Waals surface area contributed by atoms with Crippen molar-refractivity contribution in [3.8, 4) is 0 Å². The van der Waals surface area contributed by atoms with Gasteiger partial charge in [0.05, 0.1) is 0 Å². The number of hydrogen-bond donors (Lipinski definition) is 0. The Labute approximate surface area is 193 Å². The number of nitrogens with zero attached hydrogens (tertiary/aromatic N) is 2. The average molecular weight is 760 g/mol. The summed E-state index contributed by atoms with van der Waals surface area (Å²) in [5.74, 6) is 0. The quantitative estimate of drug-likeness (QED) is 0.107. The third-order valence-electron chi connectivity index (χ3n) is 3.63. The monoisotopic (exact) mass is 760 g/mol. The van der Waals surface area contributed by atoms with Gasteiger partial charge in [-0.1, -0.05) is 90.4 Å². The molecule has 0 rings (SSSR count). The molecule has 0 amide bonds. The van der Waals surface area contributed by atoms with Gasteiger partial charge in [-0.3, -0.25) is 0 Å². The molecular formula is C16H32I4N2. The summed E-state index contributed by atoms with van der Waals surface area (Å²) in [6.45, 7) is 7.80. The SMILES string of the molecule is ICCCN(CCCI)CCCCN(CCCI)CCCI. The molecule has 0 aliphatic carbocycles. The largest absolute Gasteiger partial charge is 0.303 e. The van der Waals surface area contributed by atoms with Gasteiger partial charge in [0.15, 0.2) is 0 Å². The van der Waals surface area contributed by atoms with Crippen molar-refractivity contribution in [3.05, 3.63) is 0 Å². The molecule has 22 heavy (non-hydrogen) atoms. The molecule has 134 valence electrons. The minimum Gasteiger partial charge on any atom is -0.303 e. The number of unbranched alkanes of at least 4 members (excludes halogenated alkanes) is 1. The van der Waals surface area contributed by atoms with Crippen LogP contribution in [0.25, 0.3) is 0 Å². The summed E-state index contributed by atoms with van der Waals surface area (Å²) in [6, 6.07) is 0. The van der Waals surface area contributed by atoms with Gasteiger partial charge < -0.3 is 9.80 Å². The van der Waals surface area contributed by atoms with Crippen molar-refractivity contribution < 1.29 is 0 Å². The minimum absolute atomic E-state index is 1.29. The summed E-state index contributed by atoms with van der Waals surface area (Å²) < 4.78 is 5.16. The third kappa shape index (κ3) is 16.3. The second-order valence-electron chi connectivity index (χ2n) is 5.56. The molecule has 0 aliphatic heterocycles. The van der Waals surface area contributed by atoms with E-state index in [1.54, 1.807) is 0 Å². The Morgan fingerprint density at radius 2 is 0.591 bits per heavy atom. The highest BCUT2D eigenvalue weighted by atomic mass is 127. The summed E-state index contributed by atoms with van der Waals surface area (Å²) in [6.07, 6.45) is 8.12. The van der Waals surface area contributed by atoms with Gasteiger partial charge >= 0.3 is 0 Å². The zero-order valence-electron chi connectivity index (χ0n) is 13.7. The molecule has 0 aromatic heterocycles. The standard InChI is InChI=1S/C16H32I4N2/c17-7-3-13-21(14-4-8-18)11-1-2-12-22(15-5-9-19)16-6-10-20/h1-16H2. The zero-order chi connectivity index (χ0) is 16.5. The Kier molecular flexibility index (Phi) is 22.8. The number of rotatable bonds is 17. The van der Waals surface area contributed by atoms with Crippen molar-refractivity contribution in [2.75, 3.05) is 57.0 Å². The van der Waals surface area contributed by atoms with Crippen LogP contribution in [0.15, 0.2) is 0 Å². The summed E-state index contributed by atoms with van der Waals surface area (Å²) in [5, 5.41) is 0. The lowest BCUT2D eigenvalue weighted by Crippen LogP contribution is -2.30. The molecule has 2 nitrogen and oxygen atoms in total. The Bertz CT molecular complexity index is 182. The topological polar surface area (TPSA) is 6.48 Å². The van der Waals surface area contributed by atoms with Crippen molar-refractivity contribution in [3.63, 3.8) is 0 Å². The summed E-state index contributed by atoms with van der Waals surface area (Å²) >= 11 is 10.0. The molecule has 0 aromatic carbocycles. The predicted molar refractivity (Wildman–Crippen MR) is 136 cm³/mol. The molecule has 0 fully saturated rings. The highest BCUT2D eigenvalue weighted by molar-refractivity contribution is 14.1. The van der Waals surface area contributed by atoms with Crippen molar-refractivity contribution in [1.29, 1.82) is 0 Å². The fourth-order valence-corrected chi connectivity index (χ4v) is 3.84. The maximum Gasteiger partial charge on any atom is 0.000744 e. The molecular weight excluding hydrogens is 728 g/mol. The zero-order valence-corrected chi connectivity index (χ0v) is 22.3. The number of alkyl halides is 4. The maximum atomic E-state index is 2.69. The molecule has 0 unspecified atom stereocenters. The van der Waals surface area contributed by atoms with E-state index in [9.17, 15) is 0 Å². The Hall–Kier alpha value is 2.84. The lowest BCUT2D eigenvalue weighted by molar-refractivity contribution is 0.243. The maximum absolute atomic E-state index is 2.69. The van der Waals surface area contributed by atoms with E-state index in [2.05, 4.69) is 100 Å². The number of halogens is 4. The van der Waals surface area contributed by atoms with Gasteiger partial charge in [0.25, 0.3) is 0 Å². The van der Waals surface area contributed by atoms with Gasteiger partial charge in [0, 0.05) is 17.7 Å². The lowest BCUT2D eigenvalue weighted by Gasteiger charge is -2.24. The molecule has 0 aliphatic rings. The minimum atomic E-state index is 1.29. The van der Waals surface area contributed by atoms with E-state index >= 15 is 0 Å². The van der Waals surface area contributed by atoms with Crippen LogP contribution < -0.4 is 0 Å². The van der Waals surface area contributed by atoms with E-state index in [-0.39, 0.29) is 0 Å². The van der Waals surface area contributed by atoms with Crippen LogP contribution in [0.5, 0.6) is 0 Å². The van der Waals surface area contributed by atoms with Gasteiger partial charge in [0.2, 0.25) is 0 Å². The van der Waals surface area contributed by atoms with E-state index in [1.165, 1.54) is 95.5 Å². The first-order valence-electron chi connectivity index (χ1n) is 8.47. The number of hydrogen-bond acceptors (Lipinski definition) is 2. The highest BCUT2D eigenvalue weighted by Crippen LogP contribution is 2.05. The van der Waals surface area contributed by atoms with Crippen LogP contribution in [0.3, 0.4) is 0 Å². The Morgan fingerprint density at radius 1 is 0.364 bits per heavy atom. The Morgan fingerprint density at radius 3 is 0.818 bits per heavy atom. The van der Waals surface area contributed by atoms with Crippen molar-refractivity contribution >= 4 is 90.4 Å². The van der Waals surface area contributed by atoms with Crippen molar-refractivity contribution in [2.45, 2.75) is 38.5 Å². The van der Waals surface area contributed by atoms with E-state index in [0.717, 1.165) is 0 Å². The molecule has 0 spiro atoms. The van der Waals surface area contributed by atoms with Crippen LogP contribution in [0.1, 0.15) is 38.5 Å². The van der Waals surface area contributed by atoms with Crippen LogP contribution in [-0.2, 0) is 0 Å². The molecule has 0 N–H and O–H groups in total. The van der Waals surface area contributed by atoms with E-state index in [1.807, 2.05) is 0 Å². The van der Waals surface area contributed by atoms with Crippen LogP contribution >= 0.6 is 90.4 Å². The van der Waals surface area contributed by atoms with Gasteiger partial charge in [0.1, 0.15) is 0 Å². The van der Waals surface area contributed by atoms with Crippen LogP contribution in [0.4, 0.5) is 0 Å². The first kappa shape index (κ1) is 24.8. The normalized spacial score (nSPS) is 11.7. The third-order valence-corrected chi connectivity index (χ3v) is 6.68. The highest BCUT2D eigenvalue weighted by Gasteiger charge is 2.06. The fraction of sp³-hybridized carbons (Fsp3) is 1.00. The van der Waals surface area contributed by atoms with Gasteiger partial charge in [-0.25, -0.2) is 0 Å². The van der Waals surface area contributed by atoms with Crippen molar-refractivity contribution in [2.24, 2.45) is 0 Å². The van der Waals surface area contributed by atoms with Crippen LogP contribution in [-0.4, -0.2) is 66.8 Å². The van der Waals surface area contributed by atoms with E-state index in [0.29, 0.717) is 0 Å². The van der Waals surface area contributed by atoms with Gasteiger partial charge in [-0.05, 0) is 77.8 Å². The second kappa shape index (κ2) is 20.2. The van der Waals surface area contributed by atoms with E-state index < -0.39 is 0 Å². The molecule has 0 heterocycles. The fourth-order valence-electron chi connectivity index (χ4n) is 2.48. The lowest BCUT2D eigenvalue weighted by atomic mass is 10.2. The molecule has 0 saturated heterocycles. The van der Waals surface area contributed by atoms with Crippen LogP contribution in [0.2, 0.25) is 0 Å². The summed E-state index contributed by atoms with van der Waals surface area (Å²) in [5.41, 5.74) is 0. The first-order chi connectivity index (χ1) is 10.8. The van der Waals surface area contributed by atoms with Gasteiger partial charge in [-0.2, -0.15) is 0 Å². The first-order valence-corrected chi connectivity index (χ1v) is 14.6. The summed E-state index contributed by atoms with van der Waals surface area (Å²) in [4.78, 5) is 5.38. The Balaban J connectivity index is 3.88. The van der Waals surface area contributed by atoms with Crippen LogP contribution in [0, 0.1) is 0 Å². The smallest absolute Gasteiger partial charge is 0.000744 e. The molecule has 0 atom stereocenters. The average Bonchev–Trinajstić information content (AvgIpc) is 2.54. The summed E-state index contributed by atoms with van der Waals surface area (Å²) in [7, 11) is 0. The predicted octanol–water partition coefficient (Wildman–Crippen LogP) is 5.67. The van der Waals surface area contributed by atoms with E-state index in [4.69, 9.17) is 0 Å². The molecule has 0 saturated carbocycles. The van der Waals surface area contributed by atoms with Crippen molar-refractivity contribution in [1.82, 2.24) is 9.80 Å². The molecule has 0 aromatic rings.